The van der Waals surface area contributed by atoms with E-state index >= 15 is 0 Å². The van der Waals surface area contributed by atoms with Crippen LogP contribution in [-0.2, 0) is 12.8 Å². The minimum Gasteiger partial charge on any atom is -0.392 e. The van der Waals surface area contributed by atoms with Crippen LogP contribution in [0.15, 0.2) is 18.2 Å². The molecule has 0 radical (unpaired) electrons. The van der Waals surface area contributed by atoms with Gasteiger partial charge in [0.05, 0.1) is 6.10 Å². The molecule has 0 bridgehead atoms. The van der Waals surface area contributed by atoms with Crippen LogP contribution in [0.5, 0.6) is 0 Å². The maximum absolute atomic E-state index is 9.74. The summed E-state index contributed by atoms with van der Waals surface area (Å²) in [5.41, 5.74) is 4.24. The van der Waals surface area contributed by atoms with Crippen LogP contribution in [0.2, 0.25) is 0 Å². The molecule has 1 fully saturated rings. The summed E-state index contributed by atoms with van der Waals surface area (Å²) in [7, 11) is 0. The molecule has 0 aliphatic heterocycles. The van der Waals surface area contributed by atoms with Crippen LogP contribution in [0.4, 0.5) is 5.69 Å². The highest BCUT2D eigenvalue weighted by Gasteiger charge is 2.47. The number of anilines is 1. The molecule has 2 aliphatic carbocycles. The summed E-state index contributed by atoms with van der Waals surface area (Å²) in [6.45, 7) is 4.26. The van der Waals surface area contributed by atoms with Crippen molar-refractivity contribution in [1.82, 2.24) is 0 Å². The van der Waals surface area contributed by atoms with Crippen molar-refractivity contribution in [3.8, 4) is 0 Å². The third-order valence-corrected chi connectivity index (χ3v) is 4.66. The van der Waals surface area contributed by atoms with Gasteiger partial charge in [0.2, 0.25) is 0 Å². The number of fused-ring (bicyclic) bond motifs is 1. The van der Waals surface area contributed by atoms with E-state index < -0.39 is 0 Å². The Kier molecular flexibility index (Phi) is 2.44. The molecule has 17 heavy (non-hydrogen) atoms. The average molecular weight is 231 g/mol. The zero-order valence-electron chi connectivity index (χ0n) is 10.7. The van der Waals surface area contributed by atoms with E-state index in [1.54, 1.807) is 0 Å². The maximum Gasteiger partial charge on any atom is 0.0630 e. The predicted octanol–water partition coefficient (Wildman–Crippen LogP) is 2.75. The number of rotatable bonds is 2. The molecule has 2 atom stereocenters. The summed E-state index contributed by atoms with van der Waals surface area (Å²) in [5, 5.41) is 13.3. The first-order chi connectivity index (χ1) is 8.07. The van der Waals surface area contributed by atoms with Crippen LogP contribution in [0.1, 0.15) is 37.8 Å². The summed E-state index contributed by atoms with van der Waals surface area (Å²) in [6, 6.07) is 7.14. The first-order valence-corrected chi connectivity index (χ1v) is 6.64. The molecule has 2 nitrogen and oxygen atoms in total. The third kappa shape index (κ3) is 1.75. The Morgan fingerprint density at radius 3 is 2.71 bits per heavy atom. The highest BCUT2D eigenvalue weighted by Crippen LogP contribution is 2.42. The standard InChI is InChI=1S/C15H21NO/c1-15(2)13(9-14(15)17)16-12-7-6-10-4-3-5-11(10)8-12/h6-8,13-14,16-17H,3-5,9H2,1-2H3. The molecule has 2 unspecified atom stereocenters. The number of aliphatic hydroxyl groups is 1. The second-order valence-electron chi connectivity index (χ2n) is 6.11. The Bertz CT molecular complexity index is 439. The second kappa shape index (κ2) is 3.74. The van der Waals surface area contributed by atoms with E-state index in [4.69, 9.17) is 0 Å². The van der Waals surface area contributed by atoms with E-state index in [9.17, 15) is 5.11 Å². The molecule has 1 aromatic carbocycles. The van der Waals surface area contributed by atoms with Crippen LogP contribution in [0, 0.1) is 5.41 Å². The van der Waals surface area contributed by atoms with Crippen molar-refractivity contribution in [1.29, 1.82) is 0 Å². The fourth-order valence-electron chi connectivity index (χ4n) is 3.01. The Labute approximate surface area is 103 Å². The van der Waals surface area contributed by atoms with Gasteiger partial charge in [-0.05, 0) is 48.9 Å². The Morgan fingerprint density at radius 1 is 1.24 bits per heavy atom. The lowest BCUT2D eigenvalue weighted by atomic mass is 9.64. The fraction of sp³-hybridized carbons (Fsp3) is 0.600. The largest absolute Gasteiger partial charge is 0.392 e. The summed E-state index contributed by atoms with van der Waals surface area (Å²) in [6.07, 6.45) is 4.47. The van der Waals surface area contributed by atoms with Crippen LogP contribution in [0.25, 0.3) is 0 Å². The van der Waals surface area contributed by atoms with E-state index in [0.717, 1.165) is 6.42 Å². The molecular formula is C15H21NO. The number of hydrogen-bond donors (Lipinski definition) is 2. The van der Waals surface area contributed by atoms with Gasteiger partial charge < -0.3 is 10.4 Å². The average Bonchev–Trinajstić information content (AvgIpc) is 2.76. The topological polar surface area (TPSA) is 32.3 Å². The number of hydrogen-bond acceptors (Lipinski definition) is 2. The highest BCUT2D eigenvalue weighted by atomic mass is 16.3. The molecule has 2 heteroatoms. The van der Waals surface area contributed by atoms with Gasteiger partial charge >= 0.3 is 0 Å². The number of aryl methyl sites for hydroxylation is 2. The number of nitrogens with one attached hydrogen (secondary N) is 1. The second-order valence-corrected chi connectivity index (χ2v) is 6.11. The summed E-state index contributed by atoms with van der Waals surface area (Å²) >= 11 is 0. The molecule has 1 aromatic rings. The van der Waals surface area contributed by atoms with Crippen LogP contribution in [-0.4, -0.2) is 17.3 Å². The molecule has 1 saturated carbocycles. The zero-order chi connectivity index (χ0) is 12.0. The van der Waals surface area contributed by atoms with Gasteiger partial charge in [0.1, 0.15) is 0 Å². The molecule has 3 rings (SSSR count). The van der Waals surface area contributed by atoms with E-state index in [-0.39, 0.29) is 11.5 Å². The van der Waals surface area contributed by atoms with Gasteiger partial charge in [0.25, 0.3) is 0 Å². The van der Waals surface area contributed by atoms with E-state index in [1.165, 1.54) is 36.1 Å². The van der Waals surface area contributed by atoms with Crippen molar-refractivity contribution in [3.63, 3.8) is 0 Å². The SMILES string of the molecule is CC1(C)C(O)CC1Nc1ccc2c(c1)CCC2. The lowest BCUT2D eigenvalue weighted by Crippen LogP contribution is -2.56. The summed E-state index contributed by atoms with van der Waals surface area (Å²) in [4.78, 5) is 0. The number of benzene rings is 1. The van der Waals surface area contributed by atoms with Gasteiger partial charge in [-0.3, -0.25) is 0 Å². The van der Waals surface area contributed by atoms with Crippen molar-refractivity contribution in [3.05, 3.63) is 29.3 Å². The molecule has 0 spiro atoms. The van der Waals surface area contributed by atoms with Gasteiger partial charge in [-0.1, -0.05) is 19.9 Å². The molecule has 0 heterocycles. The fourth-order valence-corrected chi connectivity index (χ4v) is 3.01. The van der Waals surface area contributed by atoms with Crippen molar-refractivity contribution in [2.24, 2.45) is 5.41 Å². The van der Waals surface area contributed by atoms with E-state index in [0.29, 0.717) is 6.04 Å². The lowest BCUT2D eigenvalue weighted by Gasteiger charge is -2.49. The maximum atomic E-state index is 9.74. The van der Waals surface area contributed by atoms with Gasteiger partial charge in [-0.15, -0.1) is 0 Å². The monoisotopic (exact) mass is 231 g/mol. The van der Waals surface area contributed by atoms with Crippen LogP contribution in [0.3, 0.4) is 0 Å². The van der Waals surface area contributed by atoms with E-state index in [1.807, 2.05) is 0 Å². The molecule has 2 N–H and O–H groups in total. The Balaban J connectivity index is 1.74. The Morgan fingerprint density at radius 2 is 2.00 bits per heavy atom. The van der Waals surface area contributed by atoms with Crippen molar-refractivity contribution >= 4 is 5.69 Å². The van der Waals surface area contributed by atoms with Gasteiger partial charge in [-0.2, -0.15) is 0 Å². The highest BCUT2D eigenvalue weighted by molar-refractivity contribution is 5.51. The molecule has 0 saturated heterocycles. The van der Waals surface area contributed by atoms with Crippen molar-refractivity contribution in [2.45, 2.75) is 51.7 Å². The summed E-state index contributed by atoms with van der Waals surface area (Å²) < 4.78 is 0. The van der Waals surface area contributed by atoms with Crippen LogP contribution >= 0.6 is 0 Å². The third-order valence-electron chi connectivity index (χ3n) is 4.66. The smallest absolute Gasteiger partial charge is 0.0630 e. The minimum absolute atomic E-state index is 0.000978. The zero-order valence-corrected chi connectivity index (χ0v) is 10.7. The van der Waals surface area contributed by atoms with Gasteiger partial charge in [0, 0.05) is 17.1 Å². The molecule has 92 valence electrons. The first kappa shape index (κ1) is 11.1. The molecular weight excluding hydrogens is 210 g/mol. The van der Waals surface area contributed by atoms with E-state index in [2.05, 4.69) is 37.4 Å². The van der Waals surface area contributed by atoms with Crippen molar-refractivity contribution in [2.75, 3.05) is 5.32 Å². The van der Waals surface area contributed by atoms with Gasteiger partial charge in [0.15, 0.2) is 0 Å². The molecule has 0 aromatic heterocycles. The summed E-state index contributed by atoms with van der Waals surface area (Å²) in [5.74, 6) is 0. The first-order valence-electron chi connectivity index (χ1n) is 6.64. The molecule has 0 amide bonds. The predicted molar refractivity (Wildman–Crippen MR) is 70.3 cm³/mol. The van der Waals surface area contributed by atoms with Gasteiger partial charge in [-0.25, -0.2) is 0 Å². The van der Waals surface area contributed by atoms with Crippen LogP contribution < -0.4 is 5.32 Å². The van der Waals surface area contributed by atoms with Crippen molar-refractivity contribution < 1.29 is 5.11 Å². The quantitative estimate of drug-likeness (QED) is 0.820. The lowest BCUT2D eigenvalue weighted by molar-refractivity contribution is -0.0510. The normalized spacial score (nSPS) is 29.6. The minimum atomic E-state index is -0.158. The molecule has 2 aliphatic rings. The Hall–Kier alpha value is -1.02. The number of aliphatic hydroxyl groups excluding tert-OH is 1.